The highest BCUT2D eigenvalue weighted by Crippen LogP contribution is 2.24. The lowest BCUT2D eigenvalue weighted by Crippen LogP contribution is -2.40. The lowest BCUT2D eigenvalue weighted by molar-refractivity contribution is 0.0774. The van der Waals surface area contributed by atoms with Crippen LogP contribution in [0.5, 0.6) is 0 Å². The highest BCUT2D eigenvalue weighted by atomic mass is 79.9. The number of benzene rings is 1. The van der Waals surface area contributed by atoms with Gasteiger partial charge in [0.1, 0.15) is 0 Å². The number of hydrogen-bond donors (Lipinski definition) is 2. The van der Waals surface area contributed by atoms with Gasteiger partial charge in [-0.25, -0.2) is 13.1 Å². The molecular formula is C12H17BrN2O3S. The summed E-state index contributed by atoms with van der Waals surface area (Å²) in [5.74, 6) is 0. The van der Waals surface area contributed by atoms with Gasteiger partial charge in [-0.05, 0) is 46.5 Å². The van der Waals surface area contributed by atoms with Gasteiger partial charge in [-0.2, -0.15) is 0 Å². The van der Waals surface area contributed by atoms with E-state index in [2.05, 4.69) is 20.7 Å². The smallest absolute Gasteiger partial charge is 0.242 e. The van der Waals surface area contributed by atoms with Crippen molar-refractivity contribution in [1.82, 2.24) is 4.72 Å². The van der Waals surface area contributed by atoms with E-state index < -0.39 is 10.0 Å². The molecule has 7 heteroatoms. The van der Waals surface area contributed by atoms with Crippen LogP contribution in [0.1, 0.15) is 18.4 Å². The largest absolute Gasteiger partial charge is 0.380 e. The SMILES string of the molecule is NCc1ccc(S(=O)(=O)NC2CCCOC2)c(Br)c1. The Morgan fingerprint density at radius 3 is 2.84 bits per heavy atom. The zero-order chi connectivity index (χ0) is 13.9. The van der Waals surface area contributed by atoms with E-state index in [9.17, 15) is 8.42 Å². The Balaban J connectivity index is 2.18. The van der Waals surface area contributed by atoms with E-state index in [1.807, 2.05) is 0 Å². The summed E-state index contributed by atoms with van der Waals surface area (Å²) in [4.78, 5) is 0.232. The Morgan fingerprint density at radius 1 is 1.47 bits per heavy atom. The standard InChI is InChI=1S/C12H17BrN2O3S/c13-11-6-9(7-14)3-4-12(11)19(16,17)15-10-2-1-5-18-8-10/h3-4,6,10,15H,1-2,5,7-8,14H2. The van der Waals surface area contributed by atoms with Crippen molar-refractivity contribution in [2.75, 3.05) is 13.2 Å². The molecule has 2 rings (SSSR count). The maximum absolute atomic E-state index is 12.3. The first-order valence-corrected chi connectivity index (χ1v) is 8.39. The highest BCUT2D eigenvalue weighted by molar-refractivity contribution is 9.10. The van der Waals surface area contributed by atoms with Crippen LogP contribution in [-0.2, 0) is 21.3 Å². The van der Waals surface area contributed by atoms with Gasteiger partial charge in [-0.15, -0.1) is 0 Å². The second-order valence-corrected chi connectivity index (χ2v) is 7.04. The first-order valence-electron chi connectivity index (χ1n) is 6.11. The number of ether oxygens (including phenoxy) is 1. The van der Waals surface area contributed by atoms with Gasteiger partial charge < -0.3 is 10.5 Å². The lowest BCUT2D eigenvalue weighted by Gasteiger charge is -2.23. The predicted octanol–water partition coefficient (Wildman–Crippen LogP) is 1.37. The quantitative estimate of drug-likeness (QED) is 0.860. The summed E-state index contributed by atoms with van der Waals surface area (Å²) in [5.41, 5.74) is 6.41. The van der Waals surface area contributed by atoms with Crippen molar-refractivity contribution in [3.8, 4) is 0 Å². The van der Waals surface area contributed by atoms with Crippen LogP contribution in [-0.4, -0.2) is 27.7 Å². The van der Waals surface area contributed by atoms with E-state index in [1.54, 1.807) is 18.2 Å². The molecule has 0 aliphatic carbocycles. The number of nitrogens with two attached hydrogens (primary N) is 1. The monoisotopic (exact) mass is 348 g/mol. The molecule has 19 heavy (non-hydrogen) atoms. The van der Waals surface area contributed by atoms with Gasteiger partial charge >= 0.3 is 0 Å². The number of sulfonamides is 1. The molecule has 106 valence electrons. The fourth-order valence-corrected chi connectivity index (χ4v) is 4.39. The minimum atomic E-state index is -3.53. The van der Waals surface area contributed by atoms with Gasteiger partial charge in [0.25, 0.3) is 0 Å². The van der Waals surface area contributed by atoms with E-state index in [0.29, 0.717) is 24.2 Å². The summed E-state index contributed by atoms with van der Waals surface area (Å²) in [6.07, 6.45) is 1.68. The van der Waals surface area contributed by atoms with E-state index in [0.717, 1.165) is 18.4 Å². The van der Waals surface area contributed by atoms with Gasteiger partial charge in [0, 0.05) is 23.7 Å². The number of nitrogens with one attached hydrogen (secondary N) is 1. The number of rotatable bonds is 4. The summed E-state index contributed by atoms with van der Waals surface area (Å²) in [5, 5.41) is 0. The molecule has 1 unspecified atom stereocenters. The topological polar surface area (TPSA) is 81.4 Å². The van der Waals surface area contributed by atoms with Crippen molar-refractivity contribution in [1.29, 1.82) is 0 Å². The van der Waals surface area contributed by atoms with Crippen LogP contribution in [0, 0.1) is 0 Å². The molecular weight excluding hydrogens is 332 g/mol. The molecule has 0 spiro atoms. The summed E-state index contributed by atoms with van der Waals surface area (Å²) >= 11 is 3.28. The molecule has 1 aromatic rings. The van der Waals surface area contributed by atoms with Crippen molar-refractivity contribution in [2.24, 2.45) is 5.73 Å². The van der Waals surface area contributed by atoms with E-state index in [-0.39, 0.29) is 10.9 Å². The van der Waals surface area contributed by atoms with Crippen molar-refractivity contribution >= 4 is 26.0 Å². The molecule has 3 N–H and O–H groups in total. The minimum Gasteiger partial charge on any atom is -0.380 e. The molecule has 0 saturated carbocycles. The molecule has 1 aliphatic rings. The van der Waals surface area contributed by atoms with E-state index in [1.165, 1.54) is 0 Å². The summed E-state index contributed by atoms with van der Waals surface area (Å²) in [7, 11) is -3.53. The van der Waals surface area contributed by atoms with Crippen molar-refractivity contribution in [2.45, 2.75) is 30.3 Å². The van der Waals surface area contributed by atoms with Gasteiger partial charge in [-0.3, -0.25) is 0 Å². The summed E-state index contributed by atoms with van der Waals surface area (Å²) in [6.45, 7) is 1.51. The fraction of sp³-hybridized carbons (Fsp3) is 0.500. The van der Waals surface area contributed by atoms with Crippen LogP contribution < -0.4 is 10.5 Å². The highest BCUT2D eigenvalue weighted by Gasteiger charge is 2.24. The average Bonchev–Trinajstić information content (AvgIpc) is 2.38. The Labute approximate surface area is 121 Å². The summed E-state index contributed by atoms with van der Waals surface area (Å²) in [6, 6.07) is 4.86. The Morgan fingerprint density at radius 2 is 2.26 bits per heavy atom. The molecule has 0 radical (unpaired) electrons. The lowest BCUT2D eigenvalue weighted by atomic mass is 10.1. The van der Waals surface area contributed by atoms with Crippen molar-refractivity contribution < 1.29 is 13.2 Å². The first kappa shape index (κ1) is 14.9. The van der Waals surface area contributed by atoms with E-state index >= 15 is 0 Å². The third-order valence-corrected chi connectivity index (χ3v) is 5.50. The molecule has 0 aromatic heterocycles. The Bertz CT molecular complexity index is 542. The zero-order valence-electron chi connectivity index (χ0n) is 10.4. The minimum absolute atomic E-state index is 0.153. The van der Waals surface area contributed by atoms with Gasteiger partial charge in [0.15, 0.2) is 0 Å². The number of halogens is 1. The Kier molecular flexibility index (Phi) is 4.97. The van der Waals surface area contributed by atoms with Crippen molar-refractivity contribution in [3.63, 3.8) is 0 Å². The molecule has 1 aliphatic heterocycles. The third-order valence-electron chi connectivity index (χ3n) is 3.00. The van der Waals surface area contributed by atoms with Gasteiger partial charge in [0.2, 0.25) is 10.0 Å². The molecule has 0 bridgehead atoms. The van der Waals surface area contributed by atoms with Crippen LogP contribution in [0.2, 0.25) is 0 Å². The second kappa shape index (κ2) is 6.32. The molecule has 0 amide bonds. The zero-order valence-corrected chi connectivity index (χ0v) is 12.8. The van der Waals surface area contributed by atoms with Crippen LogP contribution in [0.25, 0.3) is 0 Å². The fourth-order valence-electron chi connectivity index (χ4n) is 2.01. The molecule has 1 fully saturated rings. The Hall–Kier alpha value is -0.470. The van der Waals surface area contributed by atoms with Crippen LogP contribution in [0.3, 0.4) is 0 Å². The predicted molar refractivity (Wildman–Crippen MR) is 76.2 cm³/mol. The van der Waals surface area contributed by atoms with E-state index in [4.69, 9.17) is 10.5 Å². The number of hydrogen-bond acceptors (Lipinski definition) is 4. The van der Waals surface area contributed by atoms with Crippen LogP contribution in [0.15, 0.2) is 27.6 Å². The van der Waals surface area contributed by atoms with Crippen LogP contribution in [0.4, 0.5) is 0 Å². The average molecular weight is 349 g/mol. The summed E-state index contributed by atoms with van der Waals surface area (Å²) < 4.78 is 33.1. The normalized spacial score (nSPS) is 20.4. The van der Waals surface area contributed by atoms with Crippen LogP contribution >= 0.6 is 15.9 Å². The van der Waals surface area contributed by atoms with Gasteiger partial charge in [0.05, 0.1) is 11.5 Å². The molecule has 1 heterocycles. The molecule has 1 saturated heterocycles. The van der Waals surface area contributed by atoms with Crippen molar-refractivity contribution in [3.05, 3.63) is 28.2 Å². The maximum atomic E-state index is 12.3. The first-order chi connectivity index (χ1) is 9.03. The molecule has 5 nitrogen and oxygen atoms in total. The maximum Gasteiger partial charge on any atom is 0.242 e. The second-order valence-electron chi connectivity index (χ2n) is 4.50. The molecule has 1 atom stereocenters. The van der Waals surface area contributed by atoms with Gasteiger partial charge in [-0.1, -0.05) is 6.07 Å². The third kappa shape index (κ3) is 3.76. The molecule has 1 aromatic carbocycles.